The number of likely N-dealkylation sites (N-methyl/N-ethyl adjacent to an activating group) is 1. The first-order valence-electron chi connectivity index (χ1n) is 16.0. The summed E-state index contributed by atoms with van der Waals surface area (Å²) in [4.78, 5) is 36.4. The average Bonchev–Trinajstić information content (AvgIpc) is 2.96. The molecule has 1 N–H and O–H groups in total. The lowest BCUT2D eigenvalue weighted by molar-refractivity contribution is -0.887. The van der Waals surface area contributed by atoms with Crippen LogP contribution < -0.4 is 0 Å². The minimum absolute atomic E-state index is 0.0224. The topological polar surface area (TPSA) is 99.1 Å². The second-order valence-electron chi connectivity index (χ2n) is 11.4. The van der Waals surface area contributed by atoms with E-state index in [-0.39, 0.29) is 49.1 Å². The van der Waals surface area contributed by atoms with E-state index in [2.05, 4.69) is 38.2 Å². The molecule has 0 bridgehead atoms. The van der Waals surface area contributed by atoms with E-state index in [0.717, 1.165) is 38.5 Å². The molecule has 8 nitrogen and oxygen atoms in total. The Balaban J connectivity index is 4.65. The number of hydrogen-bond donors (Lipinski definition) is 1. The number of ether oxygens (including phenoxy) is 3. The molecule has 0 saturated heterocycles. The second kappa shape index (κ2) is 27.3. The third-order valence-electron chi connectivity index (χ3n) is 6.46. The fourth-order valence-electron chi connectivity index (χ4n) is 3.98. The van der Waals surface area contributed by atoms with Crippen molar-refractivity contribution in [2.24, 2.45) is 0 Å². The minimum Gasteiger partial charge on any atom is -0.477 e. The quantitative estimate of drug-likeness (QED) is 0.0358. The summed E-state index contributed by atoms with van der Waals surface area (Å²) in [6, 6.07) is -0.630. The highest BCUT2D eigenvalue weighted by molar-refractivity contribution is 5.72. The van der Waals surface area contributed by atoms with Gasteiger partial charge in [0, 0.05) is 19.3 Å². The summed E-state index contributed by atoms with van der Waals surface area (Å²) >= 11 is 0. The van der Waals surface area contributed by atoms with Gasteiger partial charge in [0.05, 0.1) is 34.4 Å². The summed E-state index contributed by atoms with van der Waals surface area (Å²) < 4.78 is 16.9. The number of carboxylic acid groups (broad SMARTS) is 1. The van der Waals surface area contributed by atoms with E-state index < -0.39 is 18.1 Å². The average molecular weight is 617 g/mol. The lowest BCUT2D eigenvalue weighted by Gasteiger charge is -2.31. The first-order valence-corrected chi connectivity index (χ1v) is 16.0. The number of allylic oxidation sites excluding steroid dienone is 12. The lowest BCUT2D eigenvalue weighted by Crippen LogP contribution is -2.50. The maximum absolute atomic E-state index is 12.5. The lowest BCUT2D eigenvalue weighted by atomic mass is 10.1. The van der Waals surface area contributed by atoms with Gasteiger partial charge in [0.2, 0.25) is 0 Å². The van der Waals surface area contributed by atoms with E-state index in [0.29, 0.717) is 19.3 Å². The van der Waals surface area contributed by atoms with Gasteiger partial charge in [-0.1, -0.05) is 93.2 Å². The van der Waals surface area contributed by atoms with E-state index in [9.17, 15) is 19.5 Å². The minimum atomic E-state index is -0.895. The van der Waals surface area contributed by atoms with E-state index in [1.165, 1.54) is 0 Å². The molecule has 44 heavy (non-hydrogen) atoms. The van der Waals surface area contributed by atoms with Crippen LogP contribution in [0, 0.1) is 0 Å². The Morgan fingerprint density at radius 2 is 1.36 bits per heavy atom. The Morgan fingerprint density at radius 3 is 2.02 bits per heavy atom. The molecule has 2 atom stereocenters. The van der Waals surface area contributed by atoms with Crippen LogP contribution in [-0.4, -0.2) is 80.6 Å². The van der Waals surface area contributed by atoms with Gasteiger partial charge in [-0.2, -0.15) is 0 Å². The van der Waals surface area contributed by atoms with Gasteiger partial charge < -0.3 is 23.8 Å². The zero-order valence-corrected chi connectivity index (χ0v) is 27.8. The normalized spacial score (nSPS) is 14.1. The third-order valence-corrected chi connectivity index (χ3v) is 6.46. The molecule has 0 aromatic carbocycles. The molecule has 248 valence electrons. The molecule has 0 fully saturated rings. The van der Waals surface area contributed by atoms with Crippen LogP contribution in [0.15, 0.2) is 72.9 Å². The molecule has 0 radical (unpaired) electrons. The van der Waals surface area contributed by atoms with E-state index >= 15 is 0 Å². The predicted molar refractivity (Wildman–Crippen MR) is 178 cm³/mol. The van der Waals surface area contributed by atoms with Crippen molar-refractivity contribution in [2.75, 3.05) is 41.0 Å². The molecule has 0 saturated carbocycles. The summed E-state index contributed by atoms with van der Waals surface area (Å²) in [5, 5.41) is 9.53. The smallest absolute Gasteiger partial charge is 0.362 e. The van der Waals surface area contributed by atoms with Gasteiger partial charge in [-0.25, -0.2) is 4.79 Å². The number of carbonyl (C=O) groups excluding carboxylic acids is 2. The number of carboxylic acids is 1. The monoisotopic (exact) mass is 616 g/mol. The summed E-state index contributed by atoms with van der Waals surface area (Å²) in [7, 11) is 5.46. The maximum Gasteiger partial charge on any atom is 0.362 e. The van der Waals surface area contributed by atoms with Crippen LogP contribution in [0.4, 0.5) is 0 Å². The molecule has 0 aliphatic heterocycles. The zero-order valence-electron chi connectivity index (χ0n) is 27.8. The van der Waals surface area contributed by atoms with Crippen LogP contribution in [0.3, 0.4) is 0 Å². The summed E-state index contributed by atoms with van der Waals surface area (Å²) in [5.41, 5.74) is 0. The van der Waals surface area contributed by atoms with E-state index in [1.807, 2.05) is 69.8 Å². The van der Waals surface area contributed by atoms with Crippen molar-refractivity contribution in [3.05, 3.63) is 72.9 Å². The predicted octanol–water partition coefficient (Wildman–Crippen LogP) is 7.29. The van der Waals surface area contributed by atoms with Crippen LogP contribution in [0.25, 0.3) is 0 Å². The number of quaternary nitrogens is 1. The van der Waals surface area contributed by atoms with Crippen molar-refractivity contribution in [3.63, 3.8) is 0 Å². The van der Waals surface area contributed by atoms with Crippen molar-refractivity contribution in [3.8, 4) is 0 Å². The second-order valence-corrected chi connectivity index (χ2v) is 11.4. The number of aliphatic carboxylic acids is 1. The van der Waals surface area contributed by atoms with Crippen molar-refractivity contribution < 1.29 is 38.2 Å². The molecule has 0 aromatic rings. The van der Waals surface area contributed by atoms with Gasteiger partial charge in [-0.15, -0.1) is 0 Å². The highest BCUT2D eigenvalue weighted by Gasteiger charge is 2.31. The van der Waals surface area contributed by atoms with Gasteiger partial charge in [0.15, 0.2) is 12.1 Å². The molecule has 8 heteroatoms. The van der Waals surface area contributed by atoms with Crippen LogP contribution >= 0.6 is 0 Å². The standard InChI is InChI=1S/C36H57NO7/c1-6-8-10-12-14-15-16-17-18-19-21-23-25-27-35(39)44-32(30-42-29-28-33(36(40)41)37(3,4)5)31-43-34(38)26-24-22-20-13-11-9-7-2/h8-12,14-18,20,22,32-33H,6-7,13,19,21,23-31H2,1-5H3/p+1/b10-8+,11-9+,14-12+,16-15+,18-17+,22-20+. The molecule has 0 spiro atoms. The summed E-state index contributed by atoms with van der Waals surface area (Å²) in [6.07, 6.45) is 31.3. The third kappa shape index (κ3) is 25.3. The SMILES string of the molecule is CC/C=C/C=C/C=C/C=C/CCCCCC(=O)OC(COCCC(C(=O)O)[N+](C)(C)C)COC(=O)CC/C=C/C/C=C/CC. The van der Waals surface area contributed by atoms with Crippen molar-refractivity contribution in [1.82, 2.24) is 0 Å². The summed E-state index contributed by atoms with van der Waals surface area (Å²) in [6.45, 7) is 4.28. The van der Waals surface area contributed by atoms with Crippen molar-refractivity contribution in [2.45, 2.75) is 96.6 Å². The van der Waals surface area contributed by atoms with Crippen LogP contribution in [0.5, 0.6) is 0 Å². The number of rotatable bonds is 26. The Morgan fingerprint density at radius 1 is 0.705 bits per heavy atom. The molecular weight excluding hydrogens is 558 g/mol. The van der Waals surface area contributed by atoms with Crippen LogP contribution in [0.2, 0.25) is 0 Å². The van der Waals surface area contributed by atoms with Gasteiger partial charge in [0.25, 0.3) is 0 Å². The Labute approximate surface area is 266 Å². The van der Waals surface area contributed by atoms with Gasteiger partial charge in [-0.3, -0.25) is 9.59 Å². The van der Waals surface area contributed by atoms with E-state index in [1.54, 1.807) is 0 Å². The fraction of sp³-hybridized carbons (Fsp3) is 0.583. The summed E-state index contributed by atoms with van der Waals surface area (Å²) in [5.74, 6) is -1.63. The molecule has 0 rings (SSSR count). The van der Waals surface area contributed by atoms with Crippen LogP contribution in [0.1, 0.15) is 84.5 Å². The highest BCUT2D eigenvalue weighted by atomic mass is 16.6. The van der Waals surface area contributed by atoms with Crippen molar-refractivity contribution in [1.29, 1.82) is 0 Å². The molecule has 2 unspecified atom stereocenters. The molecule has 0 heterocycles. The Bertz CT molecular complexity index is 954. The molecule has 0 aliphatic carbocycles. The maximum atomic E-state index is 12.5. The largest absolute Gasteiger partial charge is 0.477 e. The molecule has 0 aromatic heterocycles. The highest BCUT2D eigenvalue weighted by Crippen LogP contribution is 2.10. The zero-order chi connectivity index (χ0) is 32.9. The number of carbonyl (C=O) groups is 3. The number of unbranched alkanes of at least 4 members (excludes halogenated alkanes) is 3. The first kappa shape index (κ1) is 40.8. The Kier molecular flexibility index (Phi) is 25.3. The fourth-order valence-corrected chi connectivity index (χ4v) is 3.98. The van der Waals surface area contributed by atoms with Crippen molar-refractivity contribution >= 4 is 17.9 Å². The molecular formula is C36H58NO7+. The van der Waals surface area contributed by atoms with E-state index in [4.69, 9.17) is 14.2 Å². The number of esters is 2. The van der Waals surface area contributed by atoms with Gasteiger partial charge in [-0.05, 0) is 44.9 Å². The molecule has 0 amide bonds. The van der Waals surface area contributed by atoms with Gasteiger partial charge >= 0.3 is 17.9 Å². The first-order chi connectivity index (χ1) is 21.1. The number of hydrogen-bond acceptors (Lipinski definition) is 6. The number of nitrogens with zero attached hydrogens (tertiary/aromatic N) is 1. The van der Waals surface area contributed by atoms with Gasteiger partial charge in [0.1, 0.15) is 6.61 Å². The van der Waals surface area contributed by atoms with Crippen LogP contribution in [-0.2, 0) is 28.6 Å². The molecule has 0 aliphatic rings. The Hall–Kier alpha value is -3.23.